The van der Waals surface area contributed by atoms with Gasteiger partial charge in [-0.05, 0) is 5.92 Å². The van der Waals surface area contributed by atoms with Gasteiger partial charge in [-0.15, -0.1) is 0 Å². The summed E-state index contributed by atoms with van der Waals surface area (Å²) in [6.45, 7) is 2.14. The van der Waals surface area contributed by atoms with Crippen molar-refractivity contribution in [1.29, 1.82) is 0 Å². The Kier molecular flexibility index (Phi) is 4.85. The molecule has 0 radical (unpaired) electrons. The van der Waals surface area contributed by atoms with Gasteiger partial charge in [0.25, 0.3) is 5.69 Å². The summed E-state index contributed by atoms with van der Waals surface area (Å²) in [7, 11) is 0. The Bertz CT molecular complexity index is 466. The summed E-state index contributed by atoms with van der Waals surface area (Å²) < 4.78 is 0. The molecule has 1 unspecified atom stereocenters. The van der Waals surface area contributed by atoms with Crippen LogP contribution in [0.15, 0.2) is 12.3 Å². The van der Waals surface area contributed by atoms with E-state index in [9.17, 15) is 14.9 Å². The number of nitrogens with zero attached hydrogens (tertiary/aromatic N) is 2. The lowest BCUT2D eigenvalue weighted by Crippen LogP contribution is -2.15. The molecule has 0 aliphatic rings. The minimum atomic E-state index is -0.882. The SMILES string of the molecule is CC(CNc1ncc([N+](=O)[O-])cc1Cl)CC(=O)O. The molecule has 1 atom stereocenters. The number of aliphatic carboxylic acids is 1. The second-order valence-electron chi connectivity index (χ2n) is 3.86. The van der Waals surface area contributed by atoms with Crippen molar-refractivity contribution in [2.24, 2.45) is 5.92 Å². The van der Waals surface area contributed by atoms with Gasteiger partial charge in [0.1, 0.15) is 12.0 Å². The predicted octanol–water partition coefficient (Wildman–Crippen LogP) is 2.17. The first-order chi connectivity index (χ1) is 8.40. The molecule has 0 fully saturated rings. The van der Waals surface area contributed by atoms with Gasteiger partial charge in [0.2, 0.25) is 0 Å². The Balaban J connectivity index is 2.63. The first kappa shape index (κ1) is 14.2. The normalized spacial score (nSPS) is 11.9. The maximum Gasteiger partial charge on any atom is 0.303 e. The predicted molar refractivity (Wildman–Crippen MR) is 65.8 cm³/mol. The molecule has 1 rings (SSSR count). The van der Waals surface area contributed by atoms with Gasteiger partial charge in [0.05, 0.1) is 9.95 Å². The number of nitro groups is 1. The summed E-state index contributed by atoms with van der Waals surface area (Å²) >= 11 is 5.82. The van der Waals surface area contributed by atoms with E-state index in [-0.39, 0.29) is 23.0 Å². The van der Waals surface area contributed by atoms with E-state index in [2.05, 4.69) is 10.3 Å². The highest BCUT2D eigenvalue weighted by Gasteiger charge is 2.12. The Morgan fingerprint density at radius 3 is 2.89 bits per heavy atom. The number of halogens is 1. The molecule has 0 saturated carbocycles. The molecule has 0 amide bonds. The Hall–Kier alpha value is -1.89. The van der Waals surface area contributed by atoms with E-state index in [1.165, 1.54) is 6.07 Å². The van der Waals surface area contributed by atoms with Gasteiger partial charge in [-0.2, -0.15) is 0 Å². The van der Waals surface area contributed by atoms with Crippen LogP contribution in [0.25, 0.3) is 0 Å². The minimum absolute atomic E-state index is 0.0254. The van der Waals surface area contributed by atoms with Gasteiger partial charge in [-0.1, -0.05) is 18.5 Å². The number of hydrogen-bond acceptors (Lipinski definition) is 5. The average molecular weight is 274 g/mol. The molecule has 1 aromatic rings. The zero-order valence-electron chi connectivity index (χ0n) is 9.59. The van der Waals surface area contributed by atoms with Crippen LogP contribution in [0.1, 0.15) is 13.3 Å². The number of anilines is 1. The number of carbonyl (C=O) groups is 1. The number of aromatic nitrogens is 1. The van der Waals surface area contributed by atoms with Crippen molar-refractivity contribution >= 4 is 29.1 Å². The third-order valence-electron chi connectivity index (χ3n) is 2.18. The van der Waals surface area contributed by atoms with Gasteiger partial charge in [-0.25, -0.2) is 4.98 Å². The quantitative estimate of drug-likeness (QED) is 0.608. The van der Waals surface area contributed by atoms with Crippen molar-refractivity contribution in [3.8, 4) is 0 Å². The molecule has 2 N–H and O–H groups in total. The van der Waals surface area contributed by atoms with Crippen LogP contribution in [-0.4, -0.2) is 27.5 Å². The second-order valence-corrected chi connectivity index (χ2v) is 4.27. The maximum atomic E-state index is 10.5. The highest BCUT2D eigenvalue weighted by atomic mass is 35.5. The number of hydrogen-bond donors (Lipinski definition) is 2. The van der Waals surface area contributed by atoms with Gasteiger partial charge in [-0.3, -0.25) is 14.9 Å². The van der Waals surface area contributed by atoms with Crippen LogP contribution >= 0.6 is 11.6 Å². The van der Waals surface area contributed by atoms with E-state index in [0.717, 1.165) is 6.20 Å². The summed E-state index contributed by atoms with van der Waals surface area (Å²) in [5.41, 5.74) is -0.191. The first-order valence-corrected chi connectivity index (χ1v) is 5.53. The summed E-state index contributed by atoms with van der Waals surface area (Å²) in [5.74, 6) is -0.679. The fraction of sp³-hybridized carbons (Fsp3) is 0.400. The van der Waals surface area contributed by atoms with Gasteiger partial charge in [0, 0.05) is 19.0 Å². The van der Waals surface area contributed by atoms with E-state index in [0.29, 0.717) is 12.4 Å². The van der Waals surface area contributed by atoms with Crippen molar-refractivity contribution in [3.63, 3.8) is 0 Å². The fourth-order valence-electron chi connectivity index (χ4n) is 1.30. The van der Waals surface area contributed by atoms with Crippen molar-refractivity contribution < 1.29 is 14.8 Å². The van der Waals surface area contributed by atoms with E-state index in [1.54, 1.807) is 6.92 Å². The number of carboxylic acids is 1. The summed E-state index contributed by atoms with van der Waals surface area (Å²) in [5, 5.41) is 22.0. The highest BCUT2D eigenvalue weighted by molar-refractivity contribution is 6.33. The monoisotopic (exact) mass is 273 g/mol. The van der Waals surface area contributed by atoms with Crippen LogP contribution in [0.5, 0.6) is 0 Å². The van der Waals surface area contributed by atoms with Crippen LogP contribution in [-0.2, 0) is 4.79 Å². The first-order valence-electron chi connectivity index (χ1n) is 5.15. The molecule has 1 aromatic heterocycles. The summed E-state index contributed by atoms with van der Waals surface area (Å²) in [4.78, 5) is 24.2. The van der Waals surface area contributed by atoms with Crippen molar-refractivity contribution in [1.82, 2.24) is 4.98 Å². The molecule has 0 aliphatic carbocycles. The third kappa shape index (κ3) is 4.17. The molecule has 1 heterocycles. The third-order valence-corrected chi connectivity index (χ3v) is 2.47. The molecule has 0 spiro atoms. The van der Waals surface area contributed by atoms with E-state index in [4.69, 9.17) is 16.7 Å². The van der Waals surface area contributed by atoms with Gasteiger partial charge in [0.15, 0.2) is 0 Å². The van der Waals surface area contributed by atoms with Crippen molar-refractivity contribution in [2.45, 2.75) is 13.3 Å². The molecular weight excluding hydrogens is 262 g/mol. The molecule has 0 bridgehead atoms. The highest BCUT2D eigenvalue weighted by Crippen LogP contribution is 2.24. The van der Waals surface area contributed by atoms with E-state index < -0.39 is 10.9 Å². The number of nitrogens with one attached hydrogen (secondary N) is 1. The van der Waals surface area contributed by atoms with Crippen LogP contribution in [0.4, 0.5) is 11.5 Å². The van der Waals surface area contributed by atoms with Gasteiger partial charge >= 0.3 is 5.97 Å². The van der Waals surface area contributed by atoms with Gasteiger partial charge < -0.3 is 10.4 Å². The summed E-state index contributed by atoms with van der Waals surface area (Å²) in [6.07, 6.45) is 1.12. The van der Waals surface area contributed by atoms with Crippen molar-refractivity contribution in [3.05, 3.63) is 27.4 Å². The Labute approximate surface area is 108 Å². The maximum absolute atomic E-state index is 10.5. The standard InChI is InChI=1S/C10H12ClN3O4/c1-6(2-9(15)16)4-12-10-8(11)3-7(5-13-10)14(17)18/h3,5-6H,2,4H2,1H3,(H,12,13)(H,15,16). The molecule has 98 valence electrons. The lowest BCUT2D eigenvalue weighted by molar-refractivity contribution is -0.385. The zero-order chi connectivity index (χ0) is 13.7. The zero-order valence-corrected chi connectivity index (χ0v) is 10.3. The smallest absolute Gasteiger partial charge is 0.303 e. The number of carboxylic acid groups (broad SMARTS) is 1. The molecule has 0 aromatic carbocycles. The fourth-order valence-corrected chi connectivity index (χ4v) is 1.53. The topological polar surface area (TPSA) is 105 Å². The molecule has 0 saturated heterocycles. The minimum Gasteiger partial charge on any atom is -0.481 e. The van der Waals surface area contributed by atoms with Crippen LogP contribution < -0.4 is 5.32 Å². The number of pyridine rings is 1. The molecule has 0 aliphatic heterocycles. The second kappa shape index (κ2) is 6.15. The summed E-state index contributed by atoms with van der Waals surface area (Å²) in [6, 6.07) is 1.19. The molecule has 18 heavy (non-hydrogen) atoms. The lowest BCUT2D eigenvalue weighted by Gasteiger charge is -2.11. The van der Waals surface area contributed by atoms with Crippen LogP contribution in [0.3, 0.4) is 0 Å². The van der Waals surface area contributed by atoms with E-state index in [1.807, 2.05) is 0 Å². The average Bonchev–Trinajstić information content (AvgIpc) is 2.26. The Morgan fingerprint density at radius 2 is 2.39 bits per heavy atom. The Morgan fingerprint density at radius 1 is 1.72 bits per heavy atom. The van der Waals surface area contributed by atoms with Crippen LogP contribution in [0.2, 0.25) is 5.02 Å². The van der Waals surface area contributed by atoms with Crippen molar-refractivity contribution in [2.75, 3.05) is 11.9 Å². The van der Waals surface area contributed by atoms with E-state index >= 15 is 0 Å². The molecular formula is C10H12ClN3O4. The van der Waals surface area contributed by atoms with Crippen LogP contribution in [0, 0.1) is 16.0 Å². The molecule has 7 nitrogen and oxygen atoms in total. The molecule has 8 heteroatoms. The largest absolute Gasteiger partial charge is 0.481 e. The number of rotatable bonds is 6. The lowest BCUT2D eigenvalue weighted by atomic mass is 10.1.